The third-order valence-electron chi connectivity index (χ3n) is 4.89. The van der Waals surface area contributed by atoms with Gasteiger partial charge in [0.25, 0.3) is 0 Å². The molecule has 0 saturated heterocycles. The SMILES string of the molecule is CCCCC(CC)CC(COC(=O)/C=C\C(=O)O)Oc1ccc(C(=O)C(C)(C)O)cc1. The molecule has 0 amide bonds. The number of unbranched alkanes of at least 4 members (excludes halogenated alkanes) is 1. The first-order valence-electron chi connectivity index (χ1n) is 10.7. The number of aliphatic carboxylic acids is 1. The van der Waals surface area contributed by atoms with Crippen LogP contribution in [0.25, 0.3) is 0 Å². The van der Waals surface area contributed by atoms with E-state index in [4.69, 9.17) is 14.6 Å². The first-order valence-corrected chi connectivity index (χ1v) is 10.7. The van der Waals surface area contributed by atoms with E-state index in [9.17, 15) is 19.5 Å². The van der Waals surface area contributed by atoms with Crippen LogP contribution in [0.4, 0.5) is 0 Å². The van der Waals surface area contributed by atoms with Gasteiger partial charge in [-0.2, -0.15) is 0 Å². The number of carbonyl (C=O) groups excluding carboxylic acids is 2. The van der Waals surface area contributed by atoms with Gasteiger partial charge in [-0.05, 0) is 50.5 Å². The van der Waals surface area contributed by atoms with E-state index in [-0.39, 0.29) is 12.4 Å². The normalized spacial score (nSPS) is 13.6. The highest BCUT2D eigenvalue weighted by atomic mass is 16.6. The van der Waals surface area contributed by atoms with Crippen molar-refractivity contribution in [1.29, 1.82) is 0 Å². The zero-order valence-electron chi connectivity index (χ0n) is 18.8. The summed E-state index contributed by atoms with van der Waals surface area (Å²) in [6, 6.07) is 6.46. The molecule has 0 bridgehead atoms. The fourth-order valence-corrected chi connectivity index (χ4v) is 3.10. The Balaban J connectivity index is 2.88. The number of aliphatic hydroxyl groups is 1. The maximum atomic E-state index is 12.2. The summed E-state index contributed by atoms with van der Waals surface area (Å²) >= 11 is 0. The maximum Gasteiger partial charge on any atom is 0.331 e. The minimum absolute atomic E-state index is 0.0181. The van der Waals surface area contributed by atoms with E-state index in [0.717, 1.165) is 37.8 Å². The van der Waals surface area contributed by atoms with E-state index in [0.29, 0.717) is 23.7 Å². The topological polar surface area (TPSA) is 110 Å². The van der Waals surface area contributed by atoms with E-state index in [1.165, 1.54) is 13.8 Å². The van der Waals surface area contributed by atoms with Gasteiger partial charge in [0.1, 0.15) is 24.1 Å². The summed E-state index contributed by atoms with van der Waals surface area (Å²) in [5.74, 6) is -1.45. The predicted octanol–water partition coefficient (Wildman–Crippen LogP) is 4.18. The quantitative estimate of drug-likeness (QED) is 0.257. The minimum atomic E-state index is -1.46. The molecule has 1 aromatic carbocycles. The smallest absolute Gasteiger partial charge is 0.331 e. The van der Waals surface area contributed by atoms with Crippen molar-refractivity contribution in [3.05, 3.63) is 42.0 Å². The Hall–Kier alpha value is -2.67. The molecule has 2 atom stereocenters. The van der Waals surface area contributed by atoms with Gasteiger partial charge in [0, 0.05) is 17.7 Å². The molecule has 0 aliphatic carbocycles. The van der Waals surface area contributed by atoms with Crippen molar-refractivity contribution in [2.45, 2.75) is 71.5 Å². The van der Waals surface area contributed by atoms with Crippen LogP contribution in [-0.2, 0) is 14.3 Å². The molecule has 2 N–H and O–H groups in total. The lowest BCUT2D eigenvalue weighted by Crippen LogP contribution is -2.31. The summed E-state index contributed by atoms with van der Waals surface area (Å²) < 4.78 is 11.2. The molecule has 0 spiro atoms. The number of esters is 1. The highest BCUT2D eigenvalue weighted by molar-refractivity contribution is 6.01. The van der Waals surface area contributed by atoms with Crippen molar-refractivity contribution in [1.82, 2.24) is 0 Å². The molecule has 1 rings (SSSR count). The molecule has 0 saturated carbocycles. The summed E-state index contributed by atoms with van der Waals surface area (Å²) in [4.78, 5) is 34.5. The molecule has 0 fully saturated rings. The van der Waals surface area contributed by atoms with Crippen molar-refractivity contribution in [2.75, 3.05) is 6.61 Å². The molecule has 0 heterocycles. The van der Waals surface area contributed by atoms with E-state index >= 15 is 0 Å². The molecule has 7 nitrogen and oxygen atoms in total. The maximum absolute atomic E-state index is 12.2. The Labute approximate surface area is 184 Å². The number of hydrogen-bond donors (Lipinski definition) is 2. The third kappa shape index (κ3) is 10.3. The van der Waals surface area contributed by atoms with E-state index in [1.54, 1.807) is 24.3 Å². The molecule has 172 valence electrons. The van der Waals surface area contributed by atoms with Gasteiger partial charge in [-0.15, -0.1) is 0 Å². The van der Waals surface area contributed by atoms with Gasteiger partial charge in [0.05, 0.1) is 0 Å². The second-order valence-electron chi connectivity index (χ2n) is 8.11. The van der Waals surface area contributed by atoms with Crippen LogP contribution in [0.1, 0.15) is 70.2 Å². The lowest BCUT2D eigenvalue weighted by Gasteiger charge is -2.24. The van der Waals surface area contributed by atoms with Crippen LogP contribution < -0.4 is 4.74 Å². The molecule has 31 heavy (non-hydrogen) atoms. The summed E-state index contributed by atoms with van der Waals surface area (Å²) in [6.45, 7) is 7.09. The van der Waals surface area contributed by atoms with Crippen LogP contribution in [0.2, 0.25) is 0 Å². The van der Waals surface area contributed by atoms with Crippen LogP contribution in [0.15, 0.2) is 36.4 Å². The number of rotatable bonds is 14. The largest absolute Gasteiger partial charge is 0.487 e. The highest BCUT2D eigenvalue weighted by Gasteiger charge is 2.25. The fraction of sp³-hybridized carbons (Fsp3) is 0.542. The summed E-state index contributed by atoms with van der Waals surface area (Å²) in [5, 5.41) is 18.5. The van der Waals surface area contributed by atoms with Crippen LogP contribution in [0.5, 0.6) is 5.75 Å². The lowest BCUT2D eigenvalue weighted by atomic mass is 9.93. The first kappa shape index (κ1) is 26.4. The Morgan fingerprint density at radius 3 is 2.26 bits per heavy atom. The van der Waals surface area contributed by atoms with Crippen molar-refractivity contribution < 1.29 is 34.1 Å². The van der Waals surface area contributed by atoms with Gasteiger partial charge < -0.3 is 19.7 Å². The lowest BCUT2D eigenvalue weighted by molar-refractivity contribution is -0.141. The summed E-state index contributed by atoms with van der Waals surface area (Å²) in [6.07, 6.45) is 6.05. The third-order valence-corrected chi connectivity index (χ3v) is 4.89. The zero-order valence-corrected chi connectivity index (χ0v) is 18.8. The average Bonchev–Trinajstić information content (AvgIpc) is 2.72. The molecule has 2 unspecified atom stereocenters. The number of ketones is 1. The summed E-state index contributed by atoms with van der Waals surface area (Å²) in [5.41, 5.74) is -1.09. The number of benzene rings is 1. The standard InChI is InChI=1S/C24H34O7/c1-5-7-8-17(6-2)15-20(16-30-22(27)14-13-21(25)26)31-19-11-9-18(10-12-19)23(28)24(3,4)29/h9-14,17,20,29H,5-8,15-16H2,1-4H3,(H,25,26)/b14-13-. The number of Topliss-reactive ketones (excluding diaryl/α,β-unsaturated/α-hetero) is 1. The van der Waals surface area contributed by atoms with E-state index in [2.05, 4.69) is 13.8 Å². The van der Waals surface area contributed by atoms with Gasteiger partial charge in [-0.1, -0.05) is 39.5 Å². The van der Waals surface area contributed by atoms with Crippen LogP contribution >= 0.6 is 0 Å². The second kappa shape index (κ2) is 12.9. The van der Waals surface area contributed by atoms with Gasteiger partial charge in [0.15, 0.2) is 5.78 Å². The number of hydrogen-bond acceptors (Lipinski definition) is 6. The number of carboxylic acids is 1. The summed E-state index contributed by atoms with van der Waals surface area (Å²) in [7, 11) is 0. The van der Waals surface area contributed by atoms with Crippen molar-refractivity contribution in [3.8, 4) is 5.75 Å². The molecule has 1 aromatic rings. The predicted molar refractivity (Wildman–Crippen MR) is 117 cm³/mol. The number of carboxylic acid groups (broad SMARTS) is 1. The van der Waals surface area contributed by atoms with E-state index in [1.807, 2.05) is 0 Å². The van der Waals surface area contributed by atoms with Gasteiger partial charge in [0.2, 0.25) is 0 Å². The van der Waals surface area contributed by atoms with E-state index < -0.39 is 23.6 Å². The molecule has 0 aliphatic heterocycles. The fourth-order valence-electron chi connectivity index (χ4n) is 3.10. The van der Waals surface area contributed by atoms with Crippen molar-refractivity contribution >= 4 is 17.7 Å². The van der Waals surface area contributed by atoms with Gasteiger partial charge in [-0.25, -0.2) is 9.59 Å². The molecular weight excluding hydrogens is 400 g/mol. The van der Waals surface area contributed by atoms with Gasteiger partial charge >= 0.3 is 11.9 Å². The van der Waals surface area contributed by atoms with Crippen LogP contribution in [-0.4, -0.2) is 46.2 Å². The van der Waals surface area contributed by atoms with Crippen LogP contribution in [0.3, 0.4) is 0 Å². The monoisotopic (exact) mass is 434 g/mol. The molecule has 0 radical (unpaired) electrons. The Morgan fingerprint density at radius 1 is 1.10 bits per heavy atom. The second-order valence-corrected chi connectivity index (χ2v) is 8.11. The number of ether oxygens (including phenoxy) is 2. The highest BCUT2D eigenvalue weighted by Crippen LogP contribution is 2.23. The van der Waals surface area contributed by atoms with Gasteiger partial charge in [-0.3, -0.25) is 4.79 Å². The van der Waals surface area contributed by atoms with Crippen molar-refractivity contribution in [2.24, 2.45) is 5.92 Å². The Morgan fingerprint density at radius 2 is 1.74 bits per heavy atom. The first-order chi connectivity index (χ1) is 14.6. The average molecular weight is 435 g/mol. The molecule has 7 heteroatoms. The number of carbonyl (C=O) groups is 3. The Kier molecular flexibility index (Phi) is 11.0. The molecular formula is C24H34O7. The molecule has 0 aliphatic rings. The zero-order chi connectivity index (χ0) is 23.4. The minimum Gasteiger partial charge on any atom is -0.487 e. The molecule has 0 aromatic heterocycles. The Bertz CT molecular complexity index is 744. The van der Waals surface area contributed by atoms with Crippen molar-refractivity contribution in [3.63, 3.8) is 0 Å². The van der Waals surface area contributed by atoms with Crippen LogP contribution in [0, 0.1) is 5.92 Å².